The number of hydrogen-bond acceptors (Lipinski definition) is 3. The van der Waals surface area contributed by atoms with Crippen LogP contribution in [0.5, 0.6) is 11.5 Å². The molecular weight excluding hydrogens is 252 g/mol. The second-order valence-corrected chi connectivity index (χ2v) is 4.56. The van der Waals surface area contributed by atoms with Crippen molar-refractivity contribution >= 4 is 17.4 Å². The fraction of sp³-hybridized carbons (Fsp3) is 0.500. The standard InChI is InChI=1S/C14H19ClO3/c1-11(16)13-10-12(6-7-14(13)17)18-9-5-3-2-4-8-15/h6-7,10,17H,2-5,8-9H2,1H3. The Bertz CT molecular complexity index is 391. The fourth-order valence-electron chi connectivity index (χ4n) is 1.63. The average molecular weight is 271 g/mol. The Balaban J connectivity index is 2.38. The molecule has 0 aliphatic carbocycles. The van der Waals surface area contributed by atoms with Crippen LogP contribution >= 0.6 is 11.6 Å². The lowest BCUT2D eigenvalue weighted by molar-refractivity contribution is 0.101. The molecule has 1 rings (SSSR count). The maximum atomic E-state index is 11.2. The van der Waals surface area contributed by atoms with Crippen LogP contribution in [0.3, 0.4) is 0 Å². The second-order valence-electron chi connectivity index (χ2n) is 4.19. The third-order valence-corrected chi connectivity index (χ3v) is 2.91. The summed E-state index contributed by atoms with van der Waals surface area (Å²) in [6.45, 7) is 2.04. The van der Waals surface area contributed by atoms with Crippen molar-refractivity contribution in [1.29, 1.82) is 0 Å². The molecule has 0 radical (unpaired) electrons. The first kappa shape index (κ1) is 14.8. The summed E-state index contributed by atoms with van der Waals surface area (Å²) in [4.78, 5) is 11.2. The molecule has 0 bridgehead atoms. The van der Waals surface area contributed by atoms with Gasteiger partial charge in [0.05, 0.1) is 12.2 Å². The Morgan fingerprint density at radius 3 is 2.67 bits per heavy atom. The van der Waals surface area contributed by atoms with Crippen molar-refractivity contribution in [3.8, 4) is 11.5 Å². The molecule has 0 atom stereocenters. The first-order chi connectivity index (χ1) is 8.65. The summed E-state index contributed by atoms with van der Waals surface area (Å²) >= 11 is 5.59. The van der Waals surface area contributed by atoms with Gasteiger partial charge in [0.1, 0.15) is 11.5 Å². The number of Topliss-reactive ketones (excluding diaryl/α,β-unsaturated/α-hetero) is 1. The number of carbonyl (C=O) groups excluding carboxylic acids is 1. The molecule has 0 aromatic heterocycles. The zero-order valence-corrected chi connectivity index (χ0v) is 11.4. The van der Waals surface area contributed by atoms with Crippen LogP contribution in [0.1, 0.15) is 43.0 Å². The van der Waals surface area contributed by atoms with Gasteiger partial charge in [0.25, 0.3) is 0 Å². The van der Waals surface area contributed by atoms with E-state index in [0.717, 1.165) is 25.7 Å². The molecule has 3 nitrogen and oxygen atoms in total. The predicted molar refractivity (Wildman–Crippen MR) is 72.8 cm³/mol. The van der Waals surface area contributed by atoms with Crippen LogP contribution in [0.15, 0.2) is 18.2 Å². The Morgan fingerprint density at radius 2 is 2.00 bits per heavy atom. The monoisotopic (exact) mass is 270 g/mol. The van der Waals surface area contributed by atoms with Crippen molar-refractivity contribution in [3.05, 3.63) is 23.8 Å². The topological polar surface area (TPSA) is 46.5 Å². The van der Waals surface area contributed by atoms with E-state index in [-0.39, 0.29) is 11.5 Å². The van der Waals surface area contributed by atoms with Gasteiger partial charge in [0, 0.05) is 5.88 Å². The lowest BCUT2D eigenvalue weighted by Crippen LogP contribution is -1.99. The molecule has 0 aliphatic heterocycles. The Labute approximate surface area is 113 Å². The molecule has 100 valence electrons. The lowest BCUT2D eigenvalue weighted by Gasteiger charge is -2.08. The lowest BCUT2D eigenvalue weighted by atomic mass is 10.1. The molecule has 0 saturated heterocycles. The van der Waals surface area contributed by atoms with E-state index >= 15 is 0 Å². The van der Waals surface area contributed by atoms with E-state index < -0.39 is 0 Å². The van der Waals surface area contributed by atoms with E-state index in [1.807, 2.05) is 0 Å². The molecule has 0 amide bonds. The summed E-state index contributed by atoms with van der Waals surface area (Å²) in [6.07, 6.45) is 4.20. The summed E-state index contributed by atoms with van der Waals surface area (Å²) in [6, 6.07) is 4.73. The number of halogens is 1. The number of hydrogen-bond donors (Lipinski definition) is 1. The summed E-state index contributed by atoms with van der Waals surface area (Å²) in [5.74, 6) is 1.16. The minimum absolute atomic E-state index is 0.00281. The molecular formula is C14H19ClO3. The molecule has 1 N–H and O–H groups in total. The SMILES string of the molecule is CC(=O)c1cc(OCCCCCCCl)ccc1O. The number of phenols is 1. The number of carbonyl (C=O) groups is 1. The largest absolute Gasteiger partial charge is 0.507 e. The number of ketones is 1. The van der Waals surface area contributed by atoms with E-state index in [1.165, 1.54) is 13.0 Å². The average Bonchev–Trinajstić information content (AvgIpc) is 2.35. The fourth-order valence-corrected chi connectivity index (χ4v) is 1.82. The van der Waals surface area contributed by atoms with Crippen LogP contribution in [-0.2, 0) is 0 Å². The number of benzene rings is 1. The quantitative estimate of drug-likeness (QED) is 0.444. The van der Waals surface area contributed by atoms with Gasteiger partial charge in [-0.3, -0.25) is 4.79 Å². The van der Waals surface area contributed by atoms with Gasteiger partial charge in [0.2, 0.25) is 0 Å². The summed E-state index contributed by atoms with van der Waals surface area (Å²) in [5, 5.41) is 9.49. The highest BCUT2D eigenvalue weighted by Crippen LogP contribution is 2.23. The van der Waals surface area contributed by atoms with Gasteiger partial charge in [-0.05, 0) is 38.0 Å². The molecule has 1 aromatic rings. The molecule has 0 heterocycles. The third kappa shape index (κ3) is 4.96. The highest BCUT2D eigenvalue weighted by molar-refractivity contribution is 6.17. The van der Waals surface area contributed by atoms with Gasteiger partial charge in [-0.2, -0.15) is 0 Å². The van der Waals surface area contributed by atoms with Crippen LogP contribution < -0.4 is 4.74 Å². The van der Waals surface area contributed by atoms with Crippen LogP contribution in [-0.4, -0.2) is 23.4 Å². The van der Waals surface area contributed by atoms with Crippen molar-refractivity contribution in [2.75, 3.05) is 12.5 Å². The van der Waals surface area contributed by atoms with Crippen LogP contribution in [0.4, 0.5) is 0 Å². The third-order valence-electron chi connectivity index (χ3n) is 2.64. The summed E-state index contributed by atoms with van der Waals surface area (Å²) < 4.78 is 5.54. The molecule has 0 spiro atoms. The highest BCUT2D eigenvalue weighted by atomic mass is 35.5. The summed E-state index contributed by atoms with van der Waals surface area (Å²) in [5.41, 5.74) is 0.301. The van der Waals surface area contributed by atoms with Crippen molar-refractivity contribution < 1.29 is 14.6 Å². The number of alkyl halides is 1. The van der Waals surface area contributed by atoms with Gasteiger partial charge in [0.15, 0.2) is 5.78 Å². The van der Waals surface area contributed by atoms with Crippen LogP contribution in [0.2, 0.25) is 0 Å². The number of rotatable bonds is 8. The van der Waals surface area contributed by atoms with Crippen molar-refractivity contribution in [2.45, 2.75) is 32.6 Å². The van der Waals surface area contributed by atoms with Gasteiger partial charge in [-0.15, -0.1) is 11.6 Å². The number of phenolic OH excluding ortho intramolecular Hbond substituents is 1. The van der Waals surface area contributed by atoms with E-state index in [9.17, 15) is 9.90 Å². The Hall–Kier alpha value is -1.22. The zero-order valence-electron chi connectivity index (χ0n) is 10.6. The van der Waals surface area contributed by atoms with Gasteiger partial charge < -0.3 is 9.84 Å². The predicted octanol–water partition coefficient (Wildman–Crippen LogP) is 3.77. The van der Waals surface area contributed by atoms with Crippen molar-refractivity contribution in [2.24, 2.45) is 0 Å². The molecule has 0 fully saturated rings. The van der Waals surface area contributed by atoms with E-state index in [0.29, 0.717) is 23.8 Å². The van der Waals surface area contributed by atoms with E-state index in [2.05, 4.69) is 0 Å². The first-order valence-electron chi connectivity index (χ1n) is 6.18. The summed E-state index contributed by atoms with van der Waals surface area (Å²) in [7, 11) is 0. The molecule has 4 heteroatoms. The molecule has 0 aliphatic rings. The number of unbranched alkanes of at least 4 members (excludes halogenated alkanes) is 3. The van der Waals surface area contributed by atoms with Crippen molar-refractivity contribution in [3.63, 3.8) is 0 Å². The zero-order chi connectivity index (χ0) is 13.4. The maximum absolute atomic E-state index is 11.2. The smallest absolute Gasteiger partial charge is 0.163 e. The molecule has 0 saturated carbocycles. The van der Waals surface area contributed by atoms with Gasteiger partial charge in [-0.1, -0.05) is 12.8 Å². The molecule has 1 aromatic carbocycles. The maximum Gasteiger partial charge on any atom is 0.163 e. The first-order valence-corrected chi connectivity index (χ1v) is 6.71. The van der Waals surface area contributed by atoms with Crippen molar-refractivity contribution in [1.82, 2.24) is 0 Å². The van der Waals surface area contributed by atoms with Crippen LogP contribution in [0.25, 0.3) is 0 Å². The minimum Gasteiger partial charge on any atom is -0.507 e. The second kappa shape index (κ2) is 7.98. The van der Waals surface area contributed by atoms with Gasteiger partial charge >= 0.3 is 0 Å². The molecule has 0 unspecified atom stereocenters. The number of ether oxygens (including phenoxy) is 1. The van der Waals surface area contributed by atoms with E-state index in [4.69, 9.17) is 16.3 Å². The van der Waals surface area contributed by atoms with Gasteiger partial charge in [-0.25, -0.2) is 0 Å². The van der Waals surface area contributed by atoms with Crippen LogP contribution in [0, 0.1) is 0 Å². The number of aromatic hydroxyl groups is 1. The molecule has 18 heavy (non-hydrogen) atoms. The minimum atomic E-state index is -0.167. The highest BCUT2D eigenvalue weighted by Gasteiger charge is 2.07. The van der Waals surface area contributed by atoms with E-state index in [1.54, 1.807) is 12.1 Å². The normalized spacial score (nSPS) is 10.3. The Kier molecular flexibility index (Phi) is 6.58. The Morgan fingerprint density at radius 1 is 1.28 bits per heavy atom.